The second kappa shape index (κ2) is 15.4. The van der Waals surface area contributed by atoms with E-state index in [1.807, 2.05) is 37.1 Å². The smallest absolute Gasteiger partial charge is 0.265 e. The molecule has 4 amide bonds. The fourth-order valence-electron chi connectivity index (χ4n) is 7.62. The number of hydrogen-bond donors (Lipinski definition) is 3. The molecule has 12 nitrogen and oxygen atoms in total. The monoisotopic (exact) mass is 734 g/mol. The second-order valence-electron chi connectivity index (χ2n) is 14.9. The van der Waals surface area contributed by atoms with Crippen LogP contribution in [-0.4, -0.2) is 62.7 Å². The van der Waals surface area contributed by atoms with Crippen LogP contribution >= 0.6 is 0 Å². The van der Waals surface area contributed by atoms with Gasteiger partial charge in [-0.15, -0.1) is 0 Å². The maximum Gasteiger partial charge on any atom is 0.265 e. The van der Waals surface area contributed by atoms with E-state index in [1.165, 1.54) is 29.2 Å². The maximum atomic E-state index is 13.9. The van der Waals surface area contributed by atoms with Gasteiger partial charge in [0.1, 0.15) is 23.1 Å². The molecule has 1 saturated carbocycles. The van der Waals surface area contributed by atoms with Crippen LogP contribution in [0.5, 0.6) is 0 Å². The van der Waals surface area contributed by atoms with Crippen LogP contribution in [0.15, 0.2) is 72.2 Å². The minimum Gasteiger partial charge on any atom is -0.364 e. The molecule has 1 aliphatic carbocycles. The largest absolute Gasteiger partial charge is 0.364 e. The number of primary amides is 1. The van der Waals surface area contributed by atoms with Crippen molar-refractivity contribution in [1.29, 1.82) is 0 Å². The van der Waals surface area contributed by atoms with Gasteiger partial charge >= 0.3 is 0 Å². The molecule has 2 aromatic heterocycles. The molecule has 4 aromatic rings. The summed E-state index contributed by atoms with van der Waals surface area (Å²) in [6.45, 7) is 8.15. The molecular formula is C41H47FN8O4. The summed E-state index contributed by atoms with van der Waals surface area (Å²) in [5.41, 5.74) is 10.00. The number of nitrogens with two attached hydrogens (primary N) is 1. The molecule has 0 spiro atoms. The standard InChI is InChI=1S/C41H47FN8O4/c1-4-5-18-44-41-45-22-33-34(23-49(37(33)47-41)29-16-19-48(20-17-29)39(53)24(2)3)26-8-12-28(13-9-26)46-38(52)32-21-31(25-6-7-25)35(36(43)51)50(40(32)54)30-14-10-27(42)11-15-30/h8-15,22-25,29,32H,4-7,16-21H2,1-3H3,(H2,43,51)(H,46,52)(H,44,45,47). The van der Waals surface area contributed by atoms with E-state index in [0.717, 1.165) is 67.2 Å². The predicted octanol–water partition coefficient (Wildman–Crippen LogP) is 6.41. The Balaban J connectivity index is 1.14. The van der Waals surface area contributed by atoms with Gasteiger partial charge in [0.2, 0.25) is 23.7 Å². The Morgan fingerprint density at radius 2 is 1.70 bits per heavy atom. The molecule has 282 valence electrons. The predicted molar refractivity (Wildman–Crippen MR) is 206 cm³/mol. The molecule has 1 saturated heterocycles. The van der Waals surface area contributed by atoms with Crippen LogP contribution in [0.4, 0.5) is 21.7 Å². The summed E-state index contributed by atoms with van der Waals surface area (Å²) in [5, 5.41) is 7.16. The number of carbonyl (C=O) groups excluding carboxylic acids is 4. The highest BCUT2D eigenvalue weighted by Gasteiger charge is 2.45. The van der Waals surface area contributed by atoms with Crippen molar-refractivity contribution in [1.82, 2.24) is 19.4 Å². The first-order valence-corrected chi connectivity index (χ1v) is 19.0. The van der Waals surface area contributed by atoms with Crippen LogP contribution in [0.1, 0.15) is 71.8 Å². The van der Waals surface area contributed by atoms with Crippen LogP contribution in [0, 0.1) is 23.6 Å². The Labute approximate surface area is 314 Å². The molecular weight excluding hydrogens is 688 g/mol. The average Bonchev–Trinajstić information content (AvgIpc) is 3.95. The summed E-state index contributed by atoms with van der Waals surface area (Å²) in [6.07, 6.45) is 9.40. The highest BCUT2D eigenvalue weighted by molar-refractivity contribution is 6.18. The highest BCUT2D eigenvalue weighted by atomic mass is 19.1. The Hall–Kier alpha value is -5.59. The highest BCUT2D eigenvalue weighted by Crippen LogP contribution is 2.45. The Morgan fingerprint density at radius 1 is 1.00 bits per heavy atom. The molecule has 3 aliphatic rings. The number of benzene rings is 2. The molecule has 0 radical (unpaired) electrons. The summed E-state index contributed by atoms with van der Waals surface area (Å²) in [6, 6.07) is 12.8. The number of unbranched alkanes of at least 4 members (excludes halogenated alkanes) is 1. The number of allylic oxidation sites excluding steroid dienone is 1. The number of carbonyl (C=O) groups is 4. The minimum absolute atomic E-state index is 0.0381. The van der Waals surface area contributed by atoms with E-state index in [1.54, 1.807) is 12.1 Å². The zero-order chi connectivity index (χ0) is 38.1. The molecule has 1 atom stereocenters. The van der Waals surface area contributed by atoms with E-state index < -0.39 is 29.5 Å². The number of amides is 4. The number of nitrogens with one attached hydrogen (secondary N) is 2. The minimum atomic E-state index is -1.11. The van der Waals surface area contributed by atoms with Crippen molar-refractivity contribution < 1.29 is 23.6 Å². The Morgan fingerprint density at radius 3 is 2.33 bits per heavy atom. The van der Waals surface area contributed by atoms with Crippen LogP contribution in [0.3, 0.4) is 0 Å². The number of fused-ring (bicyclic) bond motifs is 1. The van der Waals surface area contributed by atoms with E-state index in [9.17, 15) is 23.6 Å². The van der Waals surface area contributed by atoms with Crippen molar-refractivity contribution >= 4 is 52.0 Å². The molecule has 0 bridgehead atoms. The van der Waals surface area contributed by atoms with Crippen molar-refractivity contribution in [2.45, 2.75) is 71.8 Å². The van der Waals surface area contributed by atoms with Crippen molar-refractivity contribution in [2.24, 2.45) is 23.5 Å². The first kappa shape index (κ1) is 36.8. The van der Waals surface area contributed by atoms with Crippen LogP contribution in [0.2, 0.25) is 0 Å². The SMILES string of the molecule is CCCCNc1ncc2c(-c3ccc(NC(=O)C4CC(C5CC5)=C(C(N)=O)N(c5ccc(F)cc5)C4=O)cc3)cn(C3CCN(C(=O)C(C)C)CC3)c2n1. The van der Waals surface area contributed by atoms with Crippen molar-refractivity contribution in [3.05, 3.63) is 78.0 Å². The van der Waals surface area contributed by atoms with E-state index in [2.05, 4.69) is 33.3 Å². The van der Waals surface area contributed by atoms with Gasteiger partial charge in [-0.25, -0.2) is 9.37 Å². The van der Waals surface area contributed by atoms with Gasteiger partial charge in [0.15, 0.2) is 0 Å². The summed E-state index contributed by atoms with van der Waals surface area (Å²) in [5.74, 6) is -2.68. The third-order valence-electron chi connectivity index (χ3n) is 10.7. The van der Waals surface area contributed by atoms with Crippen molar-refractivity contribution in [2.75, 3.05) is 35.2 Å². The second-order valence-corrected chi connectivity index (χ2v) is 14.9. The van der Waals surface area contributed by atoms with Gasteiger partial charge in [-0.1, -0.05) is 39.3 Å². The topological polar surface area (TPSA) is 156 Å². The van der Waals surface area contributed by atoms with Crippen molar-refractivity contribution in [3.63, 3.8) is 0 Å². The third-order valence-corrected chi connectivity index (χ3v) is 10.7. The zero-order valence-electron chi connectivity index (χ0n) is 31.0. The number of nitrogens with zero attached hydrogens (tertiary/aromatic N) is 5. The molecule has 2 aromatic carbocycles. The lowest BCUT2D eigenvalue weighted by molar-refractivity contribution is -0.135. The lowest BCUT2D eigenvalue weighted by Gasteiger charge is -2.34. The maximum absolute atomic E-state index is 13.9. The van der Waals surface area contributed by atoms with Gasteiger partial charge in [-0.3, -0.25) is 24.1 Å². The molecule has 2 aliphatic heterocycles. The van der Waals surface area contributed by atoms with Gasteiger partial charge in [0.05, 0.1) is 0 Å². The van der Waals surface area contributed by atoms with E-state index in [0.29, 0.717) is 30.3 Å². The molecule has 13 heteroatoms. The molecule has 54 heavy (non-hydrogen) atoms. The van der Waals surface area contributed by atoms with Gasteiger partial charge in [-0.05, 0) is 92.0 Å². The van der Waals surface area contributed by atoms with Crippen LogP contribution < -0.4 is 21.3 Å². The first-order valence-electron chi connectivity index (χ1n) is 19.0. The summed E-state index contributed by atoms with van der Waals surface area (Å²) in [7, 11) is 0. The normalized spacial score (nSPS) is 18.1. The number of aromatic nitrogens is 3. The number of likely N-dealkylation sites (tertiary alicyclic amines) is 1. The lowest BCUT2D eigenvalue weighted by atomic mass is 9.87. The van der Waals surface area contributed by atoms with Gasteiger partial charge < -0.3 is 25.8 Å². The van der Waals surface area contributed by atoms with Crippen LogP contribution in [0.25, 0.3) is 22.2 Å². The average molecular weight is 735 g/mol. The summed E-state index contributed by atoms with van der Waals surface area (Å²) in [4.78, 5) is 65.8. The first-order chi connectivity index (χ1) is 26.0. The zero-order valence-corrected chi connectivity index (χ0v) is 31.0. The fourth-order valence-corrected chi connectivity index (χ4v) is 7.62. The van der Waals surface area contributed by atoms with E-state index >= 15 is 0 Å². The Kier molecular flexibility index (Phi) is 10.5. The molecule has 4 N–H and O–H groups in total. The quantitative estimate of drug-likeness (QED) is 0.112. The van der Waals surface area contributed by atoms with E-state index in [-0.39, 0.29) is 41.6 Å². The van der Waals surface area contributed by atoms with Gasteiger partial charge in [0.25, 0.3) is 5.91 Å². The van der Waals surface area contributed by atoms with Gasteiger partial charge in [-0.2, -0.15) is 4.98 Å². The number of piperidine rings is 1. The van der Waals surface area contributed by atoms with Gasteiger partial charge in [0, 0.05) is 66.3 Å². The number of halogens is 1. The number of hydrogen-bond acceptors (Lipinski definition) is 7. The van der Waals surface area contributed by atoms with Crippen molar-refractivity contribution in [3.8, 4) is 11.1 Å². The molecule has 1 unspecified atom stereocenters. The number of anilines is 3. The fraction of sp³-hybridized carbons (Fsp3) is 0.415. The number of rotatable bonds is 12. The lowest BCUT2D eigenvalue weighted by Crippen LogP contribution is -2.48. The third kappa shape index (κ3) is 7.44. The summed E-state index contributed by atoms with van der Waals surface area (Å²) < 4.78 is 16.0. The molecule has 2 fully saturated rings. The van der Waals surface area contributed by atoms with Crippen LogP contribution in [-0.2, 0) is 19.2 Å². The Bertz CT molecular complexity index is 2100. The van der Waals surface area contributed by atoms with E-state index in [4.69, 9.17) is 10.7 Å². The summed E-state index contributed by atoms with van der Waals surface area (Å²) >= 11 is 0. The molecule has 7 rings (SSSR count). The molecule has 4 heterocycles.